The number of halogens is 1. The highest BCUT2D eigenvalue weighted by Crippen LogP contribution is 2.22. The second-order valence-corrected chi connectivity index (χ2v) is 6.14. The molecule has 1 heterocycles. The number of carbonyl (C=O) groups excluding carboxylic acids is 1. The fourth-order valence-corrected chi connectivity index (χ4v) is 2.89. The number of rotatable bonds is 5. The maximum Gasteiger partial charge on any atom is 0.320 e. The van der Waals surface area contributed by atoms with E-state index in [0.29, 0.717) is 18.0 Å². The predicted octanol–water partition coefficient (Wildman–Crippen LogP) is 2.41. The lowest BCUT2D eigenvalue weighted by Gasteiger charge is -2.28. The van der Waals surface area contributed by atoms with E-state index in [1.54, 1.807) is 29.0 Å². The third-order valence-electron chi connectivity index (χ3n) is 4.31. The quantitative estimate of drug-likeness (QED) is 0.903. The van der Waals surface area contributed by atoms with Crippen LogP contribution in [0.5, 0.6) is 0 Å². The number of carbonyl (C=O) groups is 2. The molecule has 1 fully saturated rings. The first-order chi connectivity index (χ1) is 10.4. The van der Waals surface area contributed by atoms with E-state index in [2.05, 4.69) is 0 Å². The van der Waals surface area contributed by atoms with E-state index in [9.17, 15) is 9.59 Å². The van der Waals surface area contributed by atoms with Crippen molar-refractivity contribution in [2.24, 2.45) is 0 Å². The Kier molecular flexibility index (Phi) is 5.42. The molecule has 1 saturated heterocycles. The first-order valence-corrected chi connectivity index (χ1v) is 7.76. The van der Waals surface area contributed by atoms with Gasteiger partial charge in [-0.3, -0.25) is 14.5 Å². The van der Waals surface area contributed by atoms with Crippen LogP contribution in [-0.2, 0) is 9.59 Å². The molecule has 2 rings (SSSR count). The van der Waals surface area contributed by atoms with Gasteiger partial charge < -0.3 is 10.0 Å². The number of nitrogens with zero attached hydrogens (tertiary/aromatic N) is 2. The monoisotopic (exact) mass is 324 g/mol. The molecular weight excluding hydrogens is 304 g/mol. The average Bonchev–Trinajstić information content (AvgIpc) is 2.94. The first-order valence-electron chi connectivity index (χ1n) is 7.38. The van der Waals surface area contributed by atoms with Gasteiger partial charge in [0.1, 0.15) is 6.04 Å². The van der Waals surface area contributed by atoms with Crippen LogP contribution in [0, 0.1) is 0 Å². The molecule has 1 amide bonds. The summed E-state index contributed by atoms with van der Waals surface area (Å²) in [4.78, 5) is 27.0. The minimum Gasteiger partial charge on any atom is -0.480 e. The minimum absolute atomic E-state index is 0.0735. The second kappa shape index (κ2) is 7.11. The highest BCUT2D eigenvalue weighted by atomic mass is 35.5. The minimum atomic E-state index is -0.848. The number of hydrogen-bond acceptors (Lipinski definition) is 3. The van der Waals surface area contributed by atoms with Crippen LogP contribution in [0.15, 0.2) is 24.3 Å². The summed E-state index contributed by atoms with van der Waals surface area (Å²) in [5, 5.41) is 9.83. The third-order valence-corrected chi connectivity index (χ3v) is 4.57. The molecule has 0 radical (unpaired) electrons. The van der Waals surface area contributed by atoms with Gasteiger partial charge in [0.2, 0.25) is 5.91 Å². The number of benzene rings is 1. The average molecular weight is 325 g/mol. The predicted molar refractivity (Wildman–Crippen MR) is 84.9 cm³/mol. The lowest BCUT2D eigenvalue weighted by atomic mass is 10.1. The van der Waals surface area contributed by atoms with Crippen LogP contribution in [0.1, 0.15) is 31.4 Å². The number of likely N-dealkylation sites (tertiary alicyclic amines) is 1. The van der Waals surface area contributed by atoms with Gasteiger partial charge >= 0.3 is 5.97 Å². The van der Waals surface area contributed by atoms with Gasteiger partial charge in [-0.25, -0.2) is 0 Å². The Hall–Kier alpha value is -1.59. The lowest BCUT2D eigenvalue weighted by molar-refractivity contribution is -0.143. The summed E-state index contributed by atoms with van der Waals surface area (Å²) in [6.45, 7) is 2.75. The van der Waals surface area contributed by atoms with Gasteiger partial charge in [0.05, 0.1) is 12.6 Å². The number of carboxylic acids is 1. The summed E-state index contributed by atoms with van der Waals surface area (Å²) in [6.07, 6.45) is 1.43. The van der Waals surface area contributed by atoms with Gasteiger partial charge in [0, 0.05) is 12.1 Å². The lowest BCUT2D eigenvalue weighted by Crippen LogP contribution is -2.44. The topological polar surface area (TPSA) is 60.9 Å². The Morgan fingerprint density at radius 2 is 2.05 bits per heavy atom. The van der Waals surface area contributed by atoms with Crippen LogP contribution in [0.25, 0.3) is 0 Å². The van der Waals surface area contributed by atoms with E-state index in [1.165, 1.54) is 0 Å². The highest BCUT2D eigenvalue weighted by Gasteiger charge is 2.32. The van der Waals surface area contributed by atoms with Gasteiger partial charge in [0.25, 0.3) is 0 Å². The van der Waals surface area contributed by atoms with Crippen LogP contribution in [0.2, 0.25) is 5.02 Å². The van der Waals surface area contributed by atoms with E-state index >= 15 is 0 Å². The zero-order valence-electron chi connectivity index (χ0n) is 12.8. The zero-order valence-corrected chi connectivity index (χ0v) is 13.6. The van der Waals surface area contributed by atoms with Crippen LogP contribution in [-0.4, -0.2) is 53.0 Å². The van der Waals surface area contributed by atoms with E-state index in [4.69, 9.17) is 16.7 Å². The molecule has 1 N–H and O–H groups in total. The van der Waals surface area contributed by atoms with Gasteiger partial charge in [-0.1, -0.05) is 23.7 Å². The van der Waals surface area contributed by atoms with Crippen LogP contribution >= 0.6 is 11.6 Å². The Morgan fingerprint density at radius 1 is 1.41 bits per heavy atom. The van der Waals surface area contributed by atoms with E-state index < -0.39 is 12.0 Å². The summed E-state index contributed by atoms with van der Waals surface area (Å²) in [7, 11) is 1.74. The molecule has 6 heteroatoms. The fourth-order valence-electron chi connectivity index (χ4n) is 2.76. The standard InChI is InChI=1S/C16H21ClN2O3/c1-11(12-5-7-13(17)8-6-12)18(2)15(20)10-19-9-3-4-14(19)16(21)22/h5-8,11,14H,3-4,9-10H2,1-2H3,(H,21,22)/t11?,14-/m0/s1. The summed E-state index contributed by atoms with van der Waals surface area (Å²) < 4.78 is 0. The van der Waals surface area contributed by atoms with E-state index in [1.807, 2.05) is 19.1 Å². The second-order valence-electron chi connectivity index (χ2n) is 5.70. The molecule has 1 aliphatic rings. The molecule has 22 heavy (non-hydrogen) atoms. The molecule has 5 nitrogen and oxygen atoms in total. The zero-order chi connectivity index (χ0) is 16.3. The van der Waals surface area contributed by atoms with Gasteiger partial charge in [-0.15, -0.1) is 0 Å². The maximum atomic E-state index is 12.4. The number of carboxylic acid groups (broad SMARTS) is 1. The normalized spacial score (nSPS) is 19.9. The Morgan fingerprint density at radius 3 is 2.64 bits per heavy atom. The SMILES string of the molecule is CC(c1ccc(Cl)cc1)N(C)C(=O)CN1CCC[C@H]1C(=O)O. The van der Waals surface area contributed by atoms with Crippen molar-refractivity contribution < 1.29 is 14.7 Å². The molecule has 120 valence electrons. The smallest absolute Gasteiger partial charge is 0.320 e. The summed E-state index contributed by atoms with van der Waals surface area (Å²) in [5.41, 5.74) is 0.997. The molecule has 1 unspecified atom stereocenters. The van der Waals surface area contributed by atoms with Crippen molar-refractivity contribution in [3.05, 3.63) is 34.9 Å². The van der Waals surface area contributed by atoms with Crippen LogP contribution in [0.4, 0.5) is 0 Å². The molecule has 1 aromatic rings. The van der Waals surface area contributed by atoms with Crippen molar-refractivity contribution >= 4 is 23.5 Å². The maximum absolute atomic E-state index is 12.4. The van der Waals surface area contributed by atoms with Gasteiger partial charge in [-0.05, 0) is 44.0 Å². The van der Waals surface area contributed by atoms with E-state index in [0.717, 1.165) is 12.0 Å². The molecule has 0 saturated carbocycles. The van der Waals surface area contributed by atoms with Gasteiger partial charge in [-0.2, -0.15) is 0 Å². The van der Waals surface area contributed by atoms with Crippen molar-refractivity contribution in [1.82, 2.24) is 9.80 Å². The third kappa shape index (κ3) is 3.78. The molecule has 0 spiro atoms. The molecule has 0 aliphatic carbocycles. The number of hydrogen-bond donors (Lipinski definition) is 1. The van der Waals surface area contributed by atoms with Crippen molar-refractivity contribution in [2.45, 2.75) is 31.8 Å². The molecule has 1 aliphatic heterocycles. The van der Waals surface area contributed by atoms with Crippen molar-refractivity contribution in [3.8, 4) is 0 Å². The Labute approximate surface area is 135 Å². The van der Waals surface area contributed by atoms with Crippen LogP contribution in [0.3, 0.4) is 0 Å². The Bertz CT molecular complexity index is 547. The molecule has 0 aromatic heterocycles. The van der Waals surface area contributed by atoms with Crippen LogP contribution < -0.4 is 0 Å². The Balaban J connectivity index is 1.99. The molecule has 0 bridgehead atoms. The van der Waals surface area contributed by atoms with Crippen molar-refractivity contribution in [2.75, 3.05) is 20.1 Å². The first kappa shape index (κ1) is 16.8. The number of amides is 1. The summed E-state index contributed by atoms with van der Waals surface area (Å²) in [5.74, 6) is -0.922. The number of aliphatic carboxylic acids is 1. The van der Waals surface area contributed by atoms with Gasteiger partial charge in [0.15, 0.2) is 0 Å². The van der Waals surface area contributed by atoms with Crippen molar-refractivity contribution in [1.29, 1.82) is 0 Å². The number of likely N-dealkylation sites (N-methyl/N-ethyl adjacent to an activating group) is 1. The summed E-state index contributed by atoms with van der Waals surface area (Å²) in [6, 6.07) is 6.76. The fraction of sp³-hybridized carbons (Fsp3) is 0.500. The highest BCUT2D eigenvalue weighted by molar-refractivity contribution is 6.30. The molecule has 2 atom stereocenters. The molecule has 1 aromatic carbocycles. The van der Waals surface area contributed by atoms with E-state index in [-0.39, 0.29) is 18.5 Å². The van der Waals surface area contributed by atoms with Crippen molar-refractivity contribution in [3.63, 3.8) is 0 Å². The molecular formula is C16H21ClN2O3. The summed E-state index contributed by atoms with van der Waals surface area (Å²) >= 11 is 5.87. The largest absolute Gasteiger partial charge is 0.480 e.